The second kappa shape index (κ2) is 5.34. The third-order valence-corrected chi connectivity index (χ3v) is 4.37. The van der Waals surface area contributed by atoms with Gasteiger partial charge in [-0.2, -0.15) is 9.78 Å². The Morgan fingerprint density at radius 3 is 2.43 bits per heavy atom. The van der Waals surface area contributed by atoms with Crippen LogP contribution < -0.4 is 5.73 Å². The number of anilines is 1. The van der Waals surface area contributed by atoms with Crippen molar-refractivity contribution in [1.29, 1.82) is 0 Å². The number of halogens is 1. The number of rotatable bonds is 2. The van der Waals surface area contributed by atoms with Gasteiger partial charge in [-0.05, 0) is 35.3 Å². The molecule has 23 heavy (non-hydrogen) atoms. The maximum atomic E-state index is 6.41. The van der Waals surface area contributed by atoms with Crippen LogP contribution in [0.3, 0.4) is 0 Å². The molecule has 0 bridgehead atoms. The zero-order valence-corrected chi connectivity index (χ0v) is 14.7. The molecule has 1 aliphatic carbocycles. The standard InChI is InChI=1S/C17H22ClN5/c1-16(2)8-11(9-17(3,4)10-16)12-13(18)22-23(14(12)19)15-20-6-5-7-21-15/h5-8H,9-10,19H2,1-4H3. The molecule has 2 heterocycles. The highest BCUT2D eigenvalue weighted by atomic mass is 35.5. The maximum absolute atomic E-state index is 6.41. The summed E-state index contributed by atoms with van der Waals surface area (Å²) in [5, 5.41) is 4.74. The predicted octanol–water partition coefficient (Wildman–Crippen LogP) is 4.13. The van der Waals surface area contributed by atoms with Crippen molar-refractivity contribution in [2.24, 2.45) is 10.8 Å². The Balaban J connectivity index is 2.11. The van der Waals surface area contributed by atoms with Crippen LogP contribution in [0, 0.1) is 10.8 Å². The first kappa shape index (κ1) is 16.0. The molecule has 6 heteroatoms. The molecule has 0 radical (unpaired) electrons. The highest BCUT2D eigenvalue weighted by Crippen LogP contribution is 2.49. The van der Waals surface area contributed by atoms with Crippen molar-refractivity contribution in [2.45, 2.75) is 40.5 Å². The zero-order valence-electron chi connectivity index (χ0n) is 14.0. The monoisotopic (exact) mass is 331 g/mol. The van der Waals surface area contributed by atoms with Gasteiger partial charge in [-0.1, -0.05) is 45.4 Å². The normalized spacial score (nSPS) is 19.4. The van der Waals surface area contributed by atoms with Crippen LogP contribution >= 0.6 is 11.6 Å². The predicted molar refractivity (Wildman–Crippen MR) is 93.3 cm³/mol. The minimum Gasteiger partial charge on any atom is -0.383 e. The maximum Gasteiger partial charge on any atom is 0.252 e. The Morgan fingerprint density at radius 2 is 1.83 bits per heavy atom. The first-order chi connectivity index (χ1) is 10.7. The number of nitrogens with two attached hydrogens (primary N) is 1. The van der Waals surface area contributed by atoms with Gasteiger partial charge in [0.25, 0.3) is 5.95 Å². The number of hydrogen-bond acceptors (Lipinski definition) is 4. The van der Waals surface area contributed by atoms with Gasteiger partial charge in [-0.15, -0.1) is 0 Å². The van der Waals surface area contributed by atoms with Crippen LogP contribution in [0.1, 0.15) is 46.1 Å². The Kier molecular flexibility index (Phi) is 3.71. The summed E-state index contributed by atoms with van der Waals surface area (Å²) in [6.07, 6.45) is 7.62. The van der Waals surface area contributed by atoms with Gasteiger partial charge in [0.05, 0.1) is 5.56 Å². The van der Waals surface area contributed by atoms with Crippen LogP contribution in [0.4, 0.5) is 5.82 Å². The van der Waals surface area contributed by atoms with Gasteiger partial charge < -0.3 is 5.73 Å². The molecule has 0 aliphatic heterocycles. The number of allylic oxidation sites excluding steroid dienone is 2. The molecule has 0 saturated heterocycles. The quantitative estimate of drug-likeness (QED) is 0.898. The van der Waals surface area contributed by atoms with Crippen molar-refractivity contribution in [3.8, 4) is 5.95 Å². The fourth-order valence-corrected chi connectivity index (χ4v) is 4.09. The van der Waals surface area contributed by atoms with Crippen molar-refractivity contribution in [3.05, 3.63) is 35.3 Å². The highest BCUT2D eigenvalue weighted by molar-refractivity contribution is 6.31. The third-order valence-electron chi connectivity index (χ3n) is 4.11. The van der Waals surface area contributed by atoms with Gasteiger partial charge in [0.15, 0.2) is 5.15 Å². The summed E-state index contributed by atoms with van der Waals surface area (Å²) in [5.41, 5.74) is 8.58. The van der Waals surface area contributed by atoms with Crippen LogP contribution in [0.15, 0.2) is 24.5 Å². The van der Waals surface area contributed by atoms with E-state index in [0.717, 1.165) is 24.0 Å². The Labute approximate surface area is 141 Å². The average molecular weight is 332 g/mol. The summed E-state index contributed by atoms with van der Waals surface area (Å²) >= 11 is 6.41. The van der Waals surface area contributed by atoms with Crippen molar-refractivity contribution >= 4 is 23.0 Å². The van der Waals surface area contributed by atoms with Crippen LogP contribution in [0.25, 0.3) is 11.5 Å². The second-order valence-electron chi connectivity index (χ2n) is 7.69. The Hall–Kier alpha value is -1.88. The van der Waals surface area contributed by atoms with Crippen LogP contribution in [-0.2, 0) is 0 Å². The third kappa shape index (κ3) is 3.11. The second-order valence-corrected chi connectivity index (χ2v) is 8.05. The summed E-state index contributed by atoms with van der Waals surface area (Å²) in [6.45, 7) is 9.03. The molecule has 0 amide bonds. The van der Waals surface area contributed by atoms with Gasteiger partial charge in [0.1, 0.15) is 5.82 Å². The molecular weight excluding hydrogens is 310 g/mol. The molecule has 2 aromatic rings. The number of nitrogen functional groups attached to an aromatic ring is 1. The lowest BCUT2D eigenvalue weighted by atomic mass is 9.66. The van der Waals surface area contributed by atoms with Crippen molar-refractivity contribution in [1.82, 2.24) is 19.7 Å². The highest BCUT2D eigenvalue weighted by Gasteiger charge is 2.35. The summed E-state index contributed by atoms with van der Waals surface area (Å²) in [5.74, 6) is 0.911. The fourth-order valence-electron chi connectivity index (χ4n) is 3.80. The van der Waals surface area contributed by atoms with Crippen LogP contribution in [0.2, 0.25) is 5.15 Å². The van der Waals surface area contributed by atoms with E-state index >= 15 is 0 Å². The molecule has 0 unspecified atom stereocenters. The van der Waals surface area contributed by atoms with Crippen molar-refractivity contribution in [2.75, 3.05) is 5.73 Å². The van der Waals surface area contributed by atoms with Gasteiger partial charge in [-0.3, -0.25) is 0 Å². The van der Waals surface area contributed by atoms with E-state index in [-0.39, 0.29) is 10.8 Å². The van der Waals surface area contributed by atoms with E-state index in [4.69, 9.17) is 17.3 Å². The minimum absolute atomic E-state index is 0.0954. The lowest BCUT2D eigenvalue weighted by Crippen LogP contribution is -2.26. The molecule has 2 aromatic heterocycles. The topological polar surface area (TPSA) is 69.6 Å². The molecule has 5 nitrogen and oxygen atoms in total. The SMILES string of the molecule is CC1(C)C=C(c2c(Cl)nn(-c3ncccn3)c2N)CC(C)(C)C1. The molecule has 122 valence electrons. The average Bonchev–Trinajstić information content (AvgIpc) is 2.71. The van der Waals surface area contributed by atoms with E-state index < -0.39 is 0 Å². The molecule has 1 aliphatic rings. The molecule has 0 atom stereocenters. The van der Waals surface area contributed by atoms with Gasteiger partial charge in [0, 0.05) is 12.4 Å². The van der Waals surface area contributed by atoms with Crippen LogP contribution in [-0.4, -0.2) is 19.7 Å². The minimum atomic E-state index is 0.0954. The number of hydrogen-bond donors (Lipinski definition) is 1. The summed E-state index contributed by atoms with van der Waals surface area (Å²) < 4.78 is 1.51. The molecule has 0 aromatic carbocycles. The van der Waals surface area contributed by atoms with E-state index in [1.165, 1.54) is 4.68 Å². The van der Waals surface area contributed by atoms with E-state index in [0.29, 0.717) is 16.9 Å². The van der Waals surface area contributed by atoms with Crippen molar-refractivity contribution < 1.29 is 0 Å². The van der Waals surface area contributed by atoms with E-state index in [1.807, 2.05) is 0 Å². The molecule has 0 saturated carbocycles. The molecular formula is C17H22ClN5. The van der Waals surface area contributed by atoms with Gasteiger partial charge >= 0.3 is 0 Å². The molecule has 3 rings (SSSR count). The van der Waals surface area contributed by atoms with Gasteiger partial charge in [0.2, 0.25) is 0 Å². The first-order valence-corrected chi connectivity index (χ1v) is 8.10. The summed E-state index contributed by atoms with van der Waals surface area (Å²) in [6, 6.07) is 1.75. The number of aromatic nitrogens is 4. The fraction of sp³-hybridized carbons (Fsp3) is 0.471. The molecule has 0 fully saturated rings. The largest absolute Gasteiger partial charge is 0.383 e. The van der Waals surface area contributed by atoms with Crippen molar-refractivity contribution in [3.63, 3.8) is 0 Å². The summed E-state index contributed by atoms with van der Waals surface area (Å²) in [7, 11) is 0. The molecule has 0 spiro atoms. The number of nitrogens with zero attached hydrogens (tertiary/aromatic N) is 4. The lowest BCUT2D eigenvalue weighted by Gasteiger charge is -2.39. The Morgan fingerprint density at radius 1 is 1.17 bits per heavy atom. The van der Waals surface area contributed by atoms with E-state index in [1.54, 1.807) is 18.5 Å². The van der Waals surface area contributed by atoms with E-state index in [9.17, 15) is 0 Å². The first-order valence-electron chi connectivity index (χ1n) is 7.72. The van der Waals surface area contributed by atoms with Crippen LogP contribution in [0.5, 0.6) is 0 Å². The lowest BCUT2D eigenvalue weighted by molar-refractivity contribution is 0.229. The summed E-state index contributed by atoms with van der Waals surface area (Å²) in [4.78, 5) is 8.40. The van der Waals surface area contributed by atoms with Gasteiger partial charge in [-0.25, -0.2) is 9.97 Å². The smallest absolute Gasteiger partial charge is 0.252 e. The molecule has 2 N–H and O–H groups in total. The Bertz CT molecular complexity index is 759. The zero-order chi connectivity index (χ0) is 16.8. The van der Waals surface area contributed by atoms with E-state index in [2.05, 4.69) is 48.8 Å².